The van der Waals surface area contributed by atoms with Gasteiger partial charge in [-0.15, -0.1) is 6.58 Å². The molecule has 0 radical (unpaired) electrons. The summed E-state index contributed by atoms with van der Waals surface area (Å²) < 4.78 is 10.5. The van der Waals surface area contributed by atoms with Crippen molar-refractivity contribution in [3.8, 4) is 0 Å². The van der Waals surface area contributed by atoms with Gasteiger partial charge in [0.2, 0.25) is 0 Å². The van der Waals surface area contributed by atoms with E-state index < -0.39 is 0 Å². The van der Waals surface area contributed by atoms with Gasteiger partial charge in [0.25, 0.3) is 0 Å². The monoisotopic (exact) mass is 756 g/mol. The zero-order valence-corrected chi connectivity index (χ0v) is 33.6. The minimum absolute atomic E-state index is 0.0151. The van der Waals surface area contributed by atoms with E-state index in [0.29, 0.717) is 48.7 Å². The molecule has 0 N–H and O–H groups in total. The van der Waals surface area contributed by atoms with Crippen molar-refractivity contribution in [3.05, 3.63) is 73.4 Å². The highest BCUT2D eigenvalue weighted by atomic mass is 16.5. The fraction of sp³-hybridized carbons (Fsp3) is 0.660. The summed E-state index contributed by atoms with van der Waals surface area (Å²) in [5, 5.41) is 0. The fourth-order valence-corrected chi connectivity index (χ4v) is 11.9. The minimum Gasteiger partial charge on any atom is -0.466 e. The Hall–Kier alpha value is -3.86. The molecule has 0 aromatic heterocycles. The van der Waals surface area contributed by atoms with Crippen molar-refractivity contribution < 1.29 is 38.2 Å². The average Bonchev–Trinajstić information content (AvgIpc) is 4.04. The zero-order chi connectivity index (χ0) is 40.1. The summed E-state index contributed by atoms with van der Waals surface area (Å²) in [6.45, 7) is 15.5. The van der Waals surface area contributed by atoms with E-state index in [0.717, 1.165) is 60.7 Å². The van der Waals surface area contributed by atoms with Crippen LogP contribution in [0.15, 0.2) is 73.4 Å². The third kappa shape index (κ3) is 10.1. The molecule has 0 aromatic rings. The van der Waals surface area contributed by atoms with Crippen molar-refractivity contribution >= 4 is 24.2 Å². The average molecular weight is 757 g/mol. The number of ether oxygens (including phenoxy) is 2. The van der Waals surface area contributed by atoms with Gasteiger partial charge < -0.3 is 9.47 Å². The molecule has 0 heterocycles. The first-order valence-corrected chi connectivity index (χ1v) is 21.0. The second kappa shape index (κ2) is 21.4. The molecule has 8 aliphatic rings. The Labute approximate surface area is 329 Å². The molecule has 8 rings (SSSR count). The predicted octanol–water partition coefficient (Wildman–Crippen LogP) is 9.03. The van der Waals surface area contributed by atoms with Gasteiger partial charge in [0.15, 0.2) is 0 Å². The second-order valence-electron chi connectivity index (χ2n) is 16.6. The van der Waals surface area contributed by atoms with Crippen LogP contribution in [0.4, 0.5) is 0 Å². The highest BCUT2D eigenvalue weighted by Gasteiger charge is 2.48. The summed E-state index contributed by atoms with van der Waals surface area (Å²) in [4.78, 5) is 56.7. The van der Waals surface area contributed by atoms with Crippen LogP contribution in [0.25, 0.3) is 0 Å². The van der Waals surface area contributed by atoms with E-state index in [9.17, 15) is 9.59 Å². The fourth-order valence-electron chi connectivity index (χ4n) is 11.9. The van der Waals surface area contributed by atoms with Crippen molar-refractivity contribution in [1.29, 1.82) is 0 Å². The van der Waals surface area contributed by atoms with E-state index in [1.165, 1.54) is 32.1 Å². The molecule has 0 amide bonds. The Morgan fingerprint density at radius 3 is 1.75 bits per heavy atom. The lowest BCUT2D eigenvalue weighted by molar-refractivity contribution is -0.193. The third-order valence-electron chi connectivity index (χ3n) is 14.2. The van der Waals surface area contributed by atoms with Gasteiger partial charge in [-0.3, -0.25) is 9.59 Å². The zero-order valence-electron chi connectivity index (χ0n) is 33.6. The molecule has 0 spiro atoms. The van der Waals surface area contributed by atoms with Crippen LogP contribution in [-0.4, -0.2) is 37.5 Å². The first kappa shape index (κ1) is 43.9. The SMILES string of the molecule is C1=CC2C3C=CC(C3)C2C1.C=CC1CC(C=CC2CC(C)C3CC=CC23)C(CC)C1C(=O)OCC.CCOC(=O)C1C2C=CC(C2)C1CC.O=C=O.O=C=O. The van der Waals surface area contributed by atoms with Gasteiger partial charge in [0, 0.05) is 0 Å². The summed E-state index contributed by atoms with van der Waals surface area (Å²) >= 11 is 0. The quantitative estimate of drug-likeness (QED) is 0.169. The number of rotatable bonds is 9. The molecule has 4 saturated carbocycles. The van der Waals surface area contributed by atoms with Gasteiger partial charge in [-0.2, -0.15) is 19.2 Å². The van der Waals surface area contributed by atoms with E-state index >= 15 is 0 Å². The molecule has 8 nitrogen and oxygen atoms in total. The summed E-state index contributed by atoms with van der Waals surface area (Å²) in [6.07, 6.45) is 36.1. The van der Waals surface area contributed by atoms with Gasteiger partial charge in [-0.25, -0.2) is 0 Å². The molecule has 0 aliphatic heterocycles. The van der Waals surface area contributed by atoms with Crippen molar-refractivity contribution in [1.82, 2.24) is 0 Å². The highest BCUT2D eigenvalue weighted by molar-refractivity contribution is 5.75. The van der Waals surface area contributed by atoms with E-state index in [4.69, 9.17) is 28.7 Å². The van der Waals surface area contributed by atoms with Crippen molar-refractivity contribution in [2.75, 3.05) is 13.2 Å². The molecule has 4 fully saturated rings. The molecule has 0 aromatic carbocycles. The van der Waals surface area contributed by atoms with Gasteiger partial charge in [-0.1, -0.05) is 100 Å². The molecule has 8 heteroatoms. The number of esters is 2. The first-order valence-electron chi connectivity index (χ1n) is 21.0. The van der Waals surface area contributed by atoms with E-state index in [-0.39, 0.29) is 42.0 Å². The topological polar surface area (TPSA) is 121 Å². The maximum Gasteiger partial charge on any atom is 0.373 e. The Bertz CT molecular complexity index is 1500. The Balaban J connectivity index is 0.000000187. The van der Waals surface area contributed by atoms with Crippen molar-refractivity contribution in [2.24, 2.45) is 94.7 Å². The van der Waals surface area contributed by atoms with E-state index in [1.807, 2.05) is 19.9 Å². The Kier molecular flexibility index (Phi) is 17.1. The summed E-state index contributed by atoms with van der Waals surface area (Å²) in [7, 11) is 0. The number of allylic oxidation sites excluding steroid dienone is 11. The molecule has 0 saturated heterocycles. The summed E-state index contributed by atoms with van der Waals surface area (Å²) in [5.74, 6) is 9.80. The number of hydrogen-bond donors (Lipinski definition) is 0. The molecule has 8 aliphatic carbocycles. The molecule has 16 atom stereocenters. The van der Waals surface area contributed by atoms with Crippen LogP contribution in [0, 0.1) is 94.7 Å². The predicted molar refractivity (Wildman–Crippen MR) is 209 cm³/mol. The van der Waals surface area contributed by atoms with Crippen LogP contribution in [-0.2, 0) is 38.2 Å². The Morgan fingerprint density at radius 1 is 0.618 bits per heavy atom. The lowest BCUT2D eigenvalue weighted by atomic mass is 9.81. The first-order chi connectivity index (χ1) is 26.7. The normalized spacial score (nSPS) is 39.6. The van der Waals surface area contributed by atoms with Gasteiger partial charge >= 0.3 is 24.2 Å². The smallest absolute Gasteiger partial charge is 0.373 e. The lowest BCUT2D eigenvalue weighted by Crippen LogP contribution is -2.28. The number of hydrogen-bond acceptors (Lipinski definition) is 8. The van der Waals surface area contributed by atoms with E-state index in [1.54, 1.807) is 0 Å². The van der Waals surface area contributed by atoms with Gasteiger partial charge in [-0.05, 0) is 135 Å². The molecule has 300 valence electrons. The molecular formula is C47H64O8. The van der Waals surface area contributed by atoms with Crippen LogP contribution in [0.1, 0.15) is 86.0 Å². The van der Waals surface area contributed by atoms with Crippen LogP contribution in [0.5, 0.6) is 0 Å². The van der Waals surface area contributed by atoms with E-state index in [2.05, 4.69) is 88.1 Å². The highest BCUT2D eigenvalue weighted by Crippen LogP contribution is 2.53. The lowest BCUT2D eigenvalue weighted by Gasteiger charge is -2.24. The van der Waals surface area contributed by atoms with Gasteiger partial charge in [0.1, 0.15) is 0 Å². The number of fused-ring (bicyclic) bond motifs is 8. The summed E-state index contributed by atoms with van der Waals surface area (Å²) in [6, 6.07) is 0. The molecule has 16 unspecified atom stereocenters. The van der Waals surface area contributed by atoms with Gasteiger partial charge in [0.05, 0.1) is 25.0 Å². The third-order valence-corrected chi connectivity index (χ3v) is 14.2. The second-order valence-corrected chi connectivity index (χ2v) is 16.6. The molecule has 4 bridgehead atoms. The van der Waals surface area contributed by atoms with Crippen molar-refractivity contribution in [3.63, 3.8) is 0 Å². The minimum atomic E-state index is -0.0246. The maximum atomic E-state index is 12.5. The standard InChI is InChI=1S/C23H34O2.C12H18O2.C10H12.2CO2/c1-5-16-14-18(19(6-2)22(16)23(24)25-7-3)12-11-17-13-15(4)20-9-8-10-21(17)20;1-3-10-8-5-6-9(7-8)11(10)12(13)14-4-2;1-2-9-7-4-5-8(6-7)10(9)3-1;2*2-1-3/h5,8,10-12,15-22H,1,6-7,9,13-14H2,2-4H3;5-6,8-11H,3-4,7H2,1-2H3;1-2,4-5,7-10H,3,6H2;;. The maximum absolute atomic E-state index is 12.5. The molecular weight excluding hydrogens is 693 g/mol. The van der Waals surface area contributed by atoms with Crippen LogP contribution in [0.2, 0.25) is 0 Å². The van der Waals surface area contributed by atoms with Crippen LogP contribution < -0.4 is 0 Å². The summed E-state index contributed by atoms with van der Waals surface area (Å²) in [5.41, 5.74) is 0. The van der Waals surface area contributed by atoms with Crippen LogP contribution in [0.3, 0.4) is 0 Å². The largest absolute Gasteiger partial charge is 0.466 e. The molecule has 55 heavy (non-hydrogen) atoms. The number of carbonyl (C=O) groups excluding carboxylic acids is 6. The van der Waals surface area contributed by atoms with Crippen LogP contribution >= 0.6 is 0 Å². The van der Waals surface area contributed by atoms with Crippen molar-refractivity contribution in [2.45, 2.75) is 86.0 Å². The Morgan fingerprint density at radius 2 is 1.15 bits per heavy atom. The number of carbonyl (C=O) groups is 2.